The highest BCUT2D eigenvalue weighted by atomic mass is 32.1. The van der Waals surface area contributed by atoms with Gasteiger partial charge in [0.1, 0.15) is 0 Å². The summed E-state index contributed by atoms with van der Waals surface area (Å²) >= 11 is 6.33. The Bertz CT molecular complexity index is 417. The van der Waals surface area contributed by atoms with Crippen molar-refractivity contribution in [3.8, 4) is 5.19 Å². The number of thiazole rings is 1. The molecule has 0 radical (unpaired) electrons. The number of para-hydroxylation sites is 1. The van der Waals surface area contributed by atoms with Crippen molar-refractivity contribution < 1.29 is 4.74 Å². The summed E-state index contributed by atoms with van der Waals surface area (Å²) in [4.78, 5) is 4.26. The van der Waals surface area contributed by atoms with Crippen LogP contribution in [0.15, 0.2) is 24.3 Å². The van der Waals surface area contributed by atoms with Crippen molar-refractivity contribution >= 4 is 38.8 Å². The largest absolute Gasteiger partial charge is 0.424 e. The molecule has 2 rings (SSSR count). The van der Waals surface area contributed by atoms with Crippen LogP contribution in [0.2, 0.25) is 0 Å². The van der Waals surface area contributed by atoms with Crippen LogP contribution in [0.25, 0.3) is 10.2 Å². The van der Waals surface area contributed by atoms with Crippen molar-refractivity contribution in [2.45, 2.75) is 6.92 Å². The molecule has 1 aromatic carbocycles. The number of nitrogens with zero attached hydrogens (tertiary/aromatic N) is 1. The maximum atomic E-state index is 5.24. The zero-order valence-electron chi connectivity index (χ0n) is 6.98. The summed E-state index contributed by atoms with van der Waals surface area (Å²) in [7, 11) is 0. The molecule has 1 aromatic heterocycles. The number of rotatable bonds is 1. The molecule has 0 N–H and O–H groups in total. The van der Waals surface area contributed by atoms with Crippen LogP contribution in [0.5, 0.6) is 5.19 Å². The lowest BCUT2D eigenvalue weighted by molar-refractivity contribution is 0.558. The Kier molecular flexibility index (Phi) is 2.24. The number of fused-ring (bicyclic) bond motifs is 1. The lowest BCUT2D eigenvalue weighted by Crippen LogP contribution is -1.97. The average Bonchev–Trinajstić information content (AvgIpc) is 2.44. The van der Waals surface area contributed by atoms with Crippen LogP contribution < -0.4 is 4.74 Å². The summed E-state index contributed by atoms with van der Waals surface area (Å²) in [6.07, 6.45) is 0. The van der Waals surface area contributed by atoms with Crippen LogP contribution in [0.1, 0.15) is 6.92 Å². The molecule has 66 valence electrons. The van der Waals surface area contributed by atoms with Crippen LogP contribution >= 0.6 is 23.6 Å². The standard InChI is InChI=1S/C9H7NOS2/c1-6(12)11-9-10-7-4-2-3-5-8(7)13-9/h2-5H,1H3. The minimum atomic E-state index is 0.499. The van der Waals surface area contributed by atoms with Gasteiger partial charge in [-0.15, -0.1) is 0 Å². The van der Waals surface area contributed by atoms with Crippen molar-refractivity contribution in [3.63, 3.8) is 0 Å². The van der Waals surface area contributed by atoms with Gasteiger partial charge in [0, 0.05) is 6.92 Å². The average molecular weight is 209 g/mol. The first-order valence-corrected chi connectivity index (χ1v) is 5.02. The Labute approximate surface area is 85.2 Å². The maximum Gasteiger partial charge on any atom is 0.280 e. The first kappa shape index (κ1) is 8.59. The lowest BCUT2D eigenvalue weighted by Gasteiger charge is -1.93. The molecular weight excluding hydrogens is 202 g/mol. The Morgan fingerprint density at radius 3 is 2.92 bits per heavy atom. The highest BCUT2D eigenvalue weighted by molar-refractivity contribution is 7.80. The first-order valence-electron chi connectivity index (χ1n) is 3.80. The van der Waals surface area contributed by atoms with Crippen LogP contribution in [-0.4, -0.2) is 10.0 Å². The molecule has 0 unspecified atom stereocenters. The van der Waals surface area contributed by atoms with Gasteiger partial charge in [-0.2, -0.15) is 0 Å². The SMILES string of the molecule is CC(=S)Oc1nc2ccccc2s1. The van der Waals surface area contributed by atoms with E-state index in [2.05, 4.69) is 4.98 Å². The molecule has 4 heteroatoms. The predicted molar refractivity (Wildman–Crippen MR) is 58.5 cm³/mol. The smallest absolute Gasteiger partial charge is 0.280 e. The van der Waals surface area contributed by atoms with Gasteiger partial charge in [0.25, 0.3) is 5.19 Å². The number of hydrogen-bond acceptors (Lipinski definition) is 4. The van der Waals surface area contributed by atoms with E-state index in [0.29, 0.717) is 10.2 Å². The molecule has 2 aromatic rings. The molecule has 0 aliphatic heterocycles. The lowest BCUT2D eigenvalue weighted by atomic mass is 10.3. The van der Waals surface area contributed by atoms with Gasteiger partial charge in [-0.1, -0.05) is 23.5 Å². The van der Waals surface area contributed by atoms with E-state index in [1.54, 1.807) is 6.92 Å². The fourth-order valence-electron chi connectivity index (χ4n) is 1.02. The monoisotopic (exact) mass is 209 g/mol. The third-order valence-corrected chi connectivity index (χ3v) is 2.50. The van der Waals surface area contributed by atoms with Gasteiger partial charge in [-0.05, 0) is 24.4 Å². The zero-order valence-corrected chi connectivity index (χ0v) is 8.61. The summed E-state index contributed by atoms with van der Waals surface area (Å²) in [6, 6.07) is 7.90. The topological polar surface area (TPSA) is 22.1 Å². The van der Waals surface area contributed by atoms with E-state index in [1.165, 1.54) is 11.3 Å². The van der Waals surface area contributed by atoms with E-state index >= 15 is 0 Å². The Hall–Kier alpha value is -1.00. The Morgan fingerprint density at radius 1 is 1.46 bits per heavy atom. The molecule has 0 aliphatic carbocycles. The van der Waals surface area contributed by atoms with Crippen LogP contribution in [0.3, 0.4) is 0 Å². The molecule has 0 amide bonds. The maximum absolute atomic E-state index is 5.24. The van der Waals surface area contributed by atoms with Gasteiger partial charge < -0.3 is 4.74 Å². The normalized spacial score (nSPS) is 10.2. The van der Waals surface area contributed by atoms with Gasteiger partial charge in [-0.25, -0.2) is 4.98 Å². The fourth-order valence-corrected chi connectivity index (χ4v) is 2.01. The van der Waals surface area contributed by atoms with E-state index < -0.39 is 0 Å². The van der Waals surface area contributed by atoms with Gasteiger partial charge in [0.15, 0.2) is 5.05 Å². The quantitative estimate of drug-likeness (QED) is 0.674. The number of thiocarbonyl (C=S) groups is 1. The third-order valence-electron chi connectivity index (χ3n) is 1.51. The summed E-state index contributed by atoms with van der Waals surface area (Å²) in [5.41, 5.74) is 0.957. The zero-order chi connectivity index (χ0) is 9.26. The summed E-state index contributed by atoms with van der Waals surface area (Å²) in [5.74, 6) is 0. The van der Waals surface area contributed by atoms with Gasteiger partial charge in [0.2, 0.25) is 0 Å². The molecule has 0 saturated carbocycles. The first-order chi connectivity index (χ1) is 6.25. The summed E-state index contributed by atoms with van der Waals surface area (Å²) in [5, 5.41) is 1.12. The number of aromatic nitrogens is 1. The Morgan fingerprint density at radius 2 is 2.23 bits per heavy atom. The van der Waals surface area contributed by atoms with Crippen molar-refractivity contribution in [3.05, 3.63) is 24.3 Å². The number of hydrogen-bond donors (Lipinski definition) is 0. The predicted octanol–water partition coefficient (Wildman–Crippen LogP) is 3.02. The molecule has 0 spiro atoms. The molecule has 0 aliphatic rings. The number of ether oxygens (including phenoxy) is 1. The summed E-state index contributed by atoms with van der Waals surface area (Å²) < 4.78 is 6.36. The van der Waals surface area contributed by atoms with E-state index in [0.717, 1.165) is 10.2 Å². The van der Waals surface area contributed by atoms with Crippen molar-refractivity contribution in [2.75, 3.05) is 0 Å². The molecule has 13 heavy (non-hydrogen) atoms. The second-order valence-corrected chi connectivity index (χ2v) is 4.11. The molecule has 0 saturated heterocycles. The van der Waals surface area contributed by atoms with Crippen molar-refractivity contribution in [1.29, 1.82) is 0 Å². The molecule has 0 atom stereocenters. The van der Waals surface area contributed by atoms with Crippen LogP contribution in [0, 0.1) is 0 Å². The van der Waals surface area contributed by atoms with E-state index in [4.69, 9.17) is 17.0 Å². The van der Waals surface area contributed by atoms with Crippen molar-refractivity contribution in [2.24, 2.45) is 0 Å². The second-order valence-electron chi connectivity index (χ2n) is 2.54. The van der Waals surface area contributed by atoms with Crippen LogP contribution in [0.4, 0.5) is 0 Å². The fraction of sp³-hybridized carbons (Fsp3) is 0.111. The highest BCUT2D eigenvalue weighted by Gasteiger charge is 2.03. The van der Waals surface area contributed by atoms with E-state index in [9.17, 15) is 0 Å². The van der Waals surface area contributed by atoms with Gasteiger partial charge >= 0.3 is 0 Å². The molecule has 2 nitrogen and oxygen atoms in total. The highest BCUT2D eigenvalue weighted by Crippen LogP contribution is 2.27. The molecular formula is C9H7NOS2. The van der Waals surface area contributed by atoms with Gasteiger partial charge in [0.05, 0.1) is 10.2 Å². The molecule has 0 fully saturated rings. The molecule has 0 bridgehead atoms. The second kappa shape index (κ2) is 3.40. The minimum absolute atomic E-state index is 0.499. The van der Waals surface area contributed by atoms with Crippen LogP contribution in [-0.2, 0) is 0 Å². The Balaban J connectivity index is 2.44. The summed E-state index contributed by atoms with van der Waals surface area (Å²) in [6.45, 7) is 1.74. The van der Waals surface area contributed by atoms with Crippen molar-refractivity contribution in [1.82, 2.24) is 4.98 Å². The van der Waals surface area contributed by atoms with E-state index in [-0.39, 0.29) is 0 Å². The number of benzene rings is 1. The molecule has 1 heterocycles. The minimum Gasteiger partial charge on any atom is -0.424 e. The van der Waals surface area contributed by atoms with Gasteiger partial charge in [-0.3, -0.25) is 0 Å². The van der Waals surface area contributed by atoms with E-state index in [1.807, 2.05) is 24.3 Å². The third kappa shape index (κ3) is 1.84.